The second-order valence-electron chi connectivity index (χ2n) is 11.0. The number of nitrogens with one attached hydrogen (secondary N) is 1. The van der Waals surface area contributed by atoms with Crippen LogP contribution in [-0.4, -0.2) is 97.8 Å². The van der Waals surface area contributed by atoms with Crippen LogP contribution in [0.5, 0.6) is 0 Å². The van der Waals surface area contributed by atoms with Gasteiger partial charge in [-0.15, -0.1) is 0 Å². The van der Waals surface area contributed by atoms with E-state index in [9.17, 15) is 9.59 Å². The van der Waals surface area contributed by atoms with Gasteiger partial charge in [-0.05, 0) is 64.1 Å². The minimum absolute atomic E-state index is 0.0196. The van der Waals surface area contributed by atoms with Crippen molar-refractivity contribution in [1.29, 1.82) is 0 Å². The smallest absolute Gasteiger partial charge is 0.321 e. The van der Waals surface area contributed by atoms with E-state index in [2.05, 4.69) is 64.6 Å². The van der Waals surface area contributed by atoms with Gasteiger partial charge in [-0.25, -0.2) is 4.79 Å². The maximum Gasteiger partial charge on any atom is 0.321 e. The van der Waals surface area contributed by atoms with Crippen LogP contribution in [0, 0.1) is 5.92 Å². The first-order valence-corrected chi connectivity index (χ1v) is 13.0. The average Bonchev–Trinajstić information content (AvgIpc) is 3.05. The molecule has 3 amide bonds. The number of nitrogens with zero attached hydrogens (tertiary/aromatic N) is 5. The van der Waals surface area contributed by atoms with Gasteiger partial charge >= 0.3 is 6.03 Å². The van der Waals surface area contributed by atoms with Crippen molar-refractivity contribution in [3.8, 4) is 0 Å². The first-order valence-electron chi connectivity index (χ1n) is 13.0. The highest BCUT2D eigenvalue weighted by atomic mass is 16.2. The largest absolute Gasteiger partial charge is 0.349 e. The molecule has 2 saturated carbocycles. The van der Waals surface area contributed by atoms with Crippen LogP contribution in [0.1, 0.15) is 50.5 Å². The minimum Gasteiger partial charge on any atom is -0.349 e. The summed E-state index contributed by atoms with van der Waals surface area (Å²) in [6.07, 6.45) is 9.24. The molecule has 35 heavy (non-hydrogen) atoms. The molecule has 1 N–H and O–H groups in total. The van der Waals surface area contributed by atoms with Crippen molar-refractivity contribution in [3.63, 3.8) is 0 Å². The Balaban J connectivity index is 1.48. The summed E-state index contributed by atoms with van der Waals surface area (Å²) < 4.78 is 0. The Bertz CT molecular complexity index is 904. The van der Waals surface area contributed by atoms with Crippen LogP contribution >= 0.6 is 0 Å². The van der Waals surface area contributed by atoms with Crippen LogP contribution in [0.15, 0.2) is 35.4 Å². The van der Waals surface area contributed by atoms with Crippen LogP contribution in [0.3, 0.4) is 0 Å². The molecule has 1 aliphatic heterocycles. The fourth-order valence-electron chi connectivity index (χ4n) is 6.10. The first-order chi connectivity index (χ1) is 16.8. The average molecular weight is 483 g/mol. The highest BCUT2D eigenvalue weighted by molar-refractivity contribution is 5.87. The standard InChI is InChI=1S/C27H42N6O2/c1-30(2)27(23-11-6-5-7-12-23)15-13-26(14-16-27)21-32(20-24(34)28-17-18-29-31(3)4)25(35)33(26)19-22-9-8-10-22/h5-7,11-12,18,22H,8-10,13-17,19-21H2,1-4H3,(H,28,34)/b29-18+/t26-,27+. The first kappa shape index (κ1) is 25.5. The van der Waals surface area contributed by atoms with Gasteiger partial charge in [0.05, 0.1) is 12.1 Å². The number of carbonyl (C=O) groups excluding carboxylic acids is 2. The predicted molar refractivity (Wildman–Crippen MR) is 139 cm³/mol. The Labute approximate surface area is 210 Å². The molecule has 0 bridgehead atoms. The molecule has 2 aliphatic carbocycles. The number of urea groups is 1. The van der Waals surface area contributed by atoms with Gasteiger partial charge in [-0.3, -0.25) is 9.69 Å². The molecule has 4 rings (SSSR count). The van der Waals surface area contributed by atoms with Crippen LogP contribution in [-0.2, 0) is 10.3 Å². The molecular formula is C27H42N6O2. The lowest BCUT2D eigenvalue weighted by atomic mass is 9.68. The Morgan fingerprint density at radius 1 is 1.11 bits per heavy atom. The van der Waals surface area contributed by atoms with E-state index in [1.54, 1.807) is 16.1 Å². The molecule has 3 aliphatic rings. The highest BCUT2D eigenvalue weighted by Crippen LogP contribution is 2.49. The summed E-state index contributed by atoms with van der Waals surface area (Å²) in [5.41, 5.74) is 1.15. The minimum atomic E-state index is -0.187. The molecule has 3 fully saturated rings. The van der Waals surface area contributed by atoms with E-state index in [-0.39, 0.29) is 29.6 Å². The van der Waals surface area contributed by atoms with Crippen molar-refractivity contribution in [2.75, 3.05) is 54.4 Å². The Kier molecular flexibility index (Phi) is 7.69. The summed E-state index contributed by atoms with van der Waals surface area (Å²) in [5, 5.41) is 8.68. The quantitative estimate of drug-likeness (QED) is 0.434. The van der Waals surface area contributed by atoms with Gasteiger partial charge < -0.3 is 20.1 Å². The molecule has 0 radical (unpaired) electrons. The molecule has 192 valence electrons. The van der Waals surface area contributed by atoms with Crippen LogP contribution < -0.4 is 5.32 Å². The number of hydrazone groups is 1. The Hall–Kier alpha value is -2.61. The molecule has 1 saturated heterocycles. The van der Waals surface area contributed by atoms with Gasteiger partial charge in [0.1, 0.15) is 6.54 Å². The van der Waals surface area contributed by atoms with Crippen molar-refractivity contribution in [3.05, 3.63) is 35.9 Å². The SMILES string of the molecule is CN(C)/N=C/CNC(=O)CN1C[C@]2(CC[C@](c3ccccc3)(N(C)C)CC2)N(CC2CCC2)C1=O. The maximum absolute atomic E-state index is 13.6. The second-order valence-corrected chi connectivity index (χ2v) is 11.0. The molecule has 0 atom stereocenters. The van der Waals surface area contributed by atoms with Gasteiger partial charge in [0.15, 0.2) is 0 Å². The lowest BCUT2D eigenvalue weighted by Gasteiger charge is -2.51. The van der Waals surface area contributed by atoms with Gasteiger partial charge in [0, 0.05) is 38.9 Å². The van der Waals surface area contributed by atoms with Crippen molar-refractivity contribution in [2.45, 2.75) is 56.0 Å². The lowest BCUT2D eigenvalue weighted by molar-refractivity contribution is -0.121. The number of amides is 3. The fraction of sp³-hybridized carbons (Fsp3) is 0.667. The molecule has 8 nitrogen and oxygen atoms in total. The summed E-state index contributed by atoms with van der Waals surface area (Å²) in [4.78, 5) is 32.5. The van der Waals surface area contributed by atoms with E-state index in [0.29, 0.717) is 19.0 Å². The highest BCUT2D eigenvalue weighted by Gasteiger charge is 2.55. The summed E-state index contributed by atoms with van der Waals surface area (Å²) in [6, 6.07) is 10.8. The molecular weight excluding hydrogens is 440 g/mol. The normalized spacial score (nSPS) is 27.2. The van der Waals surface area contributed by atoms with Crippen LogP contribution in [0.25, 0.3) is 0 Å². The van der Waals surface area contributed by atoms with Gasteiger partial charge in [-0.2, -0.15) is 5.10 Å². The summed E-state index contributed by atoms with van der Waals surface area (Å²) in [5.74, 6) is 0.466. The molecule has 0 aromatic heterocycles. The third kappa shape index (κ3) is 5.32. The molecule has 1 aromatic rings. The van der Waals surface area contributed by atoms with Gasteiger partial charge in [0.2, 0.25) is 5.91 Å². The van der Waals surface area contributed by atoms with Crippen molar-refractivity contribution >= 4 is 18.2 Å². The number of hydrogen-bond donors (Lipinski definition) is 1. The lowest BCUT2D eigenvalue weighted by Crippen LogP contribution is -2.56. The number of rotatable bonds is 9. The Morgan fingerprint density at radius 3 is 2.37 bits per heavy atom. The summed E-state index contributed by atoms with van der Waals surface area (Å²) >= 11 is 0. The predicted octanol–water partition coefficient (Wildman–Crippen LogP) is 2.96. The number of hydrogen-bond acceptors (Lipinski definition) is 5. The maximum atomic E-state index is 13.6. The van der Waals surface area contributed by atoms with E-state index in [1.165, 1.54) is 24.8 Å². The summed E-state index contributed by atoms with van der Waals surface area (Å²) in [6.45, 7) is 1.93. The van der Waals surface area contributed by atoms with E-state index in [4.69, 9.17) is 0 Å². The van der Waals surface area contributed by atoms with Crippen LogP contribution in [0.4, 0.5) is 4.79 Å². The molecule has 8 heteroatoms. The molecule has 0 unspecified atom stereocenters. The topological polar surface area (TPSA) is 71.5 Å². The fourth-order valence-corrected chi connectivity index (χ4v) is 6.10. The van der Waals surface area contributed by atoms with Crippen molar-refractivity contribution in [1.82, 2.24) is 25.0 Å². The zero-order chi connectivity index (χ0) is 25.1. The summed E-state index contributed by atoms with van der Waals surface area (Å²) in [7, 11) is 8.02. The zero-order valence-electron chi connectivity index (χ0n) is 21.9. The van der Waals surface area contributed by atoms with Crippen molar-refractivity contribution in [2.24, 2.45) is 11.0 Å². The molecule has 1 aromatic carbocycles. The molecule has 1 heterocycles. The van der Waals surface area contributed by atoms with Gasteiger partial charge in [0.25, 0.3) is 0 Å². The van der Waals surface area contributed by atoms with Crippen LogP contribution in [0.2, 0.25) is 0 Å². The number of benzene rings is 1. The number of carbonyl (C=O) groups is 2. The Morgan fingerprint density at radius 2 is 1.80 bits per heavy atom. The van der Waals surface area contributed by atoms with E-state index >= 15 is 0 Å². The second kappa shape index (κ2) is 10.6. The zero-order valence-corrected chi connectivity index (χ0v) is 21.9. The third-order valence-electron chi connectivity index (χ3n) is 8.44. The molecule has 1 spiro atoms. The van der Waals surface area contributed by atoms with E-state index in [0.717, 1.165) is 32.2 Å². The monoisotopic (exact) mass is 482 g/mol. The van der Waals surface area contributed by atoms with E-state index < -0.39 is 0 Å². The van der Waals surface area contributed by atoms with Gasteiger partial charge in [-0.1, -0.05) is 36.8 Å². The van der Waals surface area contributed by atoms with Crippen molar-refractivity contribution < 1.29 is 9.59 Å². The third-order valence-corrected chi connectivity index (χ3v) is 8.44. The van der Waals surface area contributed by atoms with E-state index in [1.807, 2.05) is 14.1 Å².